The Morgan fingerprint density at radius 3 is 2.82 bits per heavy atom. The van der Waals surface area contributed by atoms with E-state index in [1.54, 1.807) is 0 Å². The van der Waals surface area contributed by atoms with E-state index in [1.165, 1.54) is 37.0 Å². The Bertz CT molecular complexity index is 1200. The van der Waals surface area contributed by atoms with Crippen LogP contribution in [0.4, 0.5) is 13.2 Å². The summed E-state index contributed by atoms with van der Waals surface area (Å²) in [5.41, 5.74) is -0.548. The molecule has 4 atom stereocenters. The Kier molecular flexibility index (Phi) is 5.30. The lowest BCUT2D eigenvalue weighted by Crippen LogP contribution is -2.59. The Morgan fingerprint density at radius 1 is 1.15 bits per heavy atom. The van der Waals surface area contributed by atoms with E-state index < -0.39 is 17.4 Å². The van der Waals surface area contributed by atoms with Gasteiger partial charge in [-0.25, -0.2) is 4.79 Å². The van der Waals surface area contributed by atoms with Gasteiger partial charge in [0.1, 0.15) is 11.3 Å². The van der Waals surface area contributed by atoms with Gasteiger partial charge in [-0.3, -0.25) is 9.80 Å². The van der Waals surface area contributed by atoms with E-state index in [-0.39, 0.29) is 34.9 Å². The van der Waals surface area contributed by atoms with Gasteiger partial charge in [0.25, 0.3) is 0 Å². The molecule has 0 saturated carbocycles. The summed E-state index contributed by atoms with van der Waals surface area (Å²) in [4.78, 5) is 17.0. The number of nitrogens with zero attached hydrogens (tertiary/aromatic N) is 2. The summed E-state index contributed by atoms with van der Waals surface area (Å²) in [6, 6.07) is 3.81. The molecule has 182 valence electrons. The normalized spacial score (nSPS) is 30.0. The number of piperidine rings is 3. The van der Waals surface area contributed by atoms with Crippen LogP contribution in [-0.2, 0) is 12.7 Å². The second kappa shape index (κ2) is 8.12. The Balaban J connectivity index is 1.38. The number of rotatable bonds is 2. The lowest BCUT2D eigenvalue weighted by Gasteiger charge is -2.54. The first-order chi connectivity index (χ1) is 16.3. The van der Waals surface area contributed by atoms with E-state index in [9.17, 15) is 23.1 Å². The van der Waals surface area contributed by atoms with E-state index >= 15 is 0 Å². The molecular weight excluding hydrogens is 445 g/mol. The van der Waals surface area contributed by atoms with E-state index in [0.29, 0.717) is 23.9 Å². The first kappa shape index (κ1) is 22.2. The van der Waals surface area contributed by atoms with Crippen LogP contribution in [0.15, 0.2) is 39.1 Å². The van der Waals surface area contributed by atoms with Crippen molar-refractivity contribution in [1.29, 1.82) is 0 Å². The summed E-state index contributed by atoms with van der Waals surface area (Å²) in [7, 11) is 0. The third-order valence-electron chi connectivity index (χ3n) is 8.42. The zero-order valence-corrected chi connectivity index (χ0v) is 19.0. The number of halogens is 3. The van der Waals surface area contributed by atoms with Crippen molar-refractivity contribution in [2.75, 3.05) is 19.6 Å². The summed E-state index contributed by atoms with van der Waals surface area (Å²) >= 11 is 0. The smallest absolute Gasteiger partial charge is 0.417 e. The van der Waals surface area contributed by atoms with E-state index in [0.717, 1.165) is 38.9 Å². The van der Waals surface area contributed by atoms with E-state index in [1.807, 2.05) is 0 Å². The topological polar surface area (TPSA) is 56.9 Å². The quantitative estimate of drug-likeness (QED) is 0.495. The van der Waals surface area contributed by atoms with Crippen LogP contribution in [0.1, 0.15) is 49.7 Å². The first-order valence-corrected chi connectivity index (χ1v) is 12.3. The van der Waals surface area contributed by atoms with Crippen LogP contribution in [0.25, 0.3) is 11.0 Å². The van der Waals surface area contributed by atoms with Gasteiger partial charge in [0.15, 0.2) is 0 Å². The maximum Gasteiger partial charge on any atom is 0.417 e. The van der Waals surface area contributed by atoms with Gasteiger partial charge in [0.05, 0.1) is 11.1 Å². The average molecular weight is 475 g/mol. The molecule has 1 N–H and O–H groups in total. The van der Waals surface area contributed by atoms with E-state index in [4.69, 9.17) is 4.42 Å². The van der Waals surface area contributed by atoms with Crippen molar-refractivity contribution >= 4 is 11.0 Å². The maximum absolute atomic E-state index is 13.6. The molecule has 3 saturated heterocycles. The fraction of sp³-hybridized carbons (Fsp3) is 0.577. The number of benzene rings is 1. The molecule has 6 rings (SSSR count). The molecule has 2 aromatic rings. The van der Waals surface area contributed by atoms with Gasteiger partial charge in [-0.1, -0.05) is 18.1 Å². The van der Waals surface area contributed by atoms with Gasteiger partial charge < -0.3 is 9.52 Å². The molecule has 3 aliphatic heterocycles. The fourth-order valence-corrected chi connectivity index (χ4v) is 7.12. The van der Waals surface area contributed by atoms with Crippen molar-refractivity contribution in [3.63, 3.8) is 0 Å². The number of likely N-dealkylation sites (tertiary alicyclic amines) is 1. The molecule has 1 aromatic carbocycles. The molecule has 4 aliphatic rings. The lowest BCUT2D eigenvalue weighted by molar-refractivity contribution is -0.136. The van der Waals surface area contributed by atoms with Gasteiger partial charge >= 0.3 is 11.8 Å². The summed E-state index contributed by atoms with van der Waals surface area (Å²) in [5.74, 6) is 0.914. The predicted octanol–water partition coefficient (Wildman–Crippen LogP) is 4.91. The molecule has 5 nitrogen and oxygen atoms in total. The molecule has 0 amide bonds. The van der Waals surface area contributed by atoms with Crippen LogP contribution in [-0.4, -0.2) is 46.6 Å². The van der Waals surface area contributed by atoms with E-state index in [2.05, 4.69) is 15.9 Å². The van der Waals surface area contributed by atoms with Crippen LogP contribution >= 0.6 is 0 Å². The van der Waals surface area contributed by atoms with Crippen LogP contribution in [0, 0.1) is 11.8 Å². The minimum Gasteiger partial charge on any atom is -0.507 e. The highest BCUT2D eigenvalue weighted by Crippen LogP contribution is 2.46. The second-order valence-corrected chi connectivity index (χ2v) is 10.4. The minimum absolute atomic E-state index is 0.139. The summed E-state index contributed by atoms with van der Waals surface area (Å²) in [5, 5.41) is 10.5. The summed E-state index contributed by atoms with van der Waals surface area (Å²) in [6.45, 7) is 3.24. The SMILES string of the molecule is O=c1cc(C(F)(F)F)c2ccc(O)c(CN3CCCC4=C[C@H]5C[C@@H](CN6CCCC[C@H]56)[C@@H]43)c2o1. The Morgan fingerprint density at radius 2 is 2.00 bits per heavy atom. The number of fused-ring (bicyclic) bond motifs is 7. The molecule has 34 heavy (non-hydrogen) atoms. The monoisotopic (exact) mass is 474 g/mol. The predicted molar refractivity (Wildman–Crippen MR) is 121 cm³/mol. The third-order valence-corrected chi connectivity index (χ3v) is 8.42. The maximum atomic E-state index is 13.6. The molecule has 1 aromatic heterocycles. The molecule has 4 heterocycles. The minimum atomic E-state index is -4.69. The molecule has 0 unspecified atom stereocenters. The number of hydrogen-bond acceptors (Lipinski definition) is 5. The Hall–Kier alpha value is -2.32. The standard InChI is InChI=1S/C26H29F3N2O3/c27-26(28,29)20-12-23(33)34-25-18(20)6-7-22(32)19(25)14-31-9-3-4-15-10-16-11-17(24(15)31)13-30-8-2-1-5-21(16)30/h6-7,10,12,16-17,21,24,32H,1-5,8-9,11,13-14H2/t16-,17-,21+,24+/m0/s1. The summed E-state index contributed by atoms with van der Waals surface area (Å²) < 4.78 is 46.1. The zero-order valence-electron chi connectivity index (χ0n) is 19.0. The van der Waals surface area contributed by atoms with Crippen LogP contribution in [0.3, 0.4) is 0 Å². The van der Waals surface area contributed by atoms with Crippen molar-refractivity contribution in [3.05, 3.63) is 51.4 Å². The lowest BCUT2D eigenvalue weighted by atomic mass is 9.68. The number of phenolic OH excluding ortho intramolecular Hbond substituents is 1. The Labute approximate surface area is 195 Å². The molecule has 0 spiro atoms. The second-order valence-electron chi connectivity index (χ2n) is 10.4. The molecule has 1 aliphatic carbocycles. The van der Waals surface area contributed by atoms with Gasteiger partial charge in [-0.2, -0.15) is 13.2 Å². The van der Waals surface area contributed by atoms with Gasteiger partial charge in [-0.15, -0.1) is 0 Å². The van der Waals surface area contributed by atoms with Gasteiger partial charge in [0, 0.05) is 36.6 Å². The molecule has 8 heteroatoms. The largest absolute Gasteiger partial charge is 0.507 e. The van der Waals surface area contributed by atoms with Crippen LogP contribution in [0.2, 0.25) is 0 Å². The number of aromatic hydroxyl groups is 1. The average Bonchev–Trinajstić information content (AvgIpc) is 2.80. The number of hydrogen-bond donors (Lipinski definition) is 1. The van der Waals surface area contributed by atoms with Crippen LogP contribution < -0.4 is 5.63 Å². The highest BCUT2D eigenvalue weighted by molar-refractivity contribution is 5.85. The van der Waals surface area contributed by atoms with Crippen molar-refractivity contribution in [2.45, 2.75) is 63.3 Å². The fourth-order valence-electron chi connectivity index (χ4n) is 7.12. The molecule has 2 bridgehead atoms. The number of phenols is 1. The van der Waals surface area contributed by atoms with Crippen molar-refractivity contribution < 1.29 is 22.7 Å². The molecular formula is C26H29F3N2O3. The first-order valence-electron chi connectivity index (χ1n) is 12.3. The zero-order chi connectivity index (χ0) is 23.6. The molecule has 3 fully saturated rings. The van der Waals surface area contributed by atoms with Gasteiger partial charge in [-0.05, 0) is 69.2 Å². The summed E-state index contributed by atoms with van der Waals surface area (Å²) in [6.07, 6.45) is 4.77. The van der Waals surface area contributed by atoms with Crippen LogP contribution in [0.5, 0.6) is 5.75 Å². The molecule has 0 radical (unpaired) electrons. The third kappa shape index (κ3) is 3.66. The van der Waals surface area contributed by atoms with Crippen molar-refractivity contribution in [3.8, 4) is 5.75 Å². The highest BCUT2D eigenvalue weighted by Gasteiger charge is 2.46. The highest BCUT2D eigenvalue weighted by atomic mass is 19.4. The number of alkyl halides is 3. The van der Waals surface area contributed by atoms with Gasteiger partial charge in [0.2, 0.25) is 0 Å². The van der Waals surface area contributed by atoms with Crippen molar-refractivity contribution in [2.24, 2.45) is 11.8 Å². The van der Waals surface area contributed by atoms with Crippen molar-refractivity contribution in [1.82, 2.24) is 9.80 Å².